The molecule has 1 amide bonds. The summed E-state index contributed by atoms with van der Waals surface area (Å²) in [4.78, 5) is 14.4. The van der Waals surface area contributed by atoms with Gasteiger partial charge in [-0.15, -0.1) is 0 Å². The first-order chi connectivity index (χ1) is 19.1. The highest BCUT2D eigenvalue weighted by Crippen LogP contribution is 2.48. The number of fused-ring (bicyclic) bond motifs is 1. The van der Waals surface area contributed by atoms with Gasteiger partial charge in [-0.1, -0.05) is 12.1 Å². The third-order valence-electron chi connectivity index (χ3n) is 7.57. The second-order valence-corrected chi connectivity index (χ2v) is 10.9. The first-order valence-corrected chi connectivity index (χ1v) is 13.5. The summed E-state index contributed by atoms with van der Waals surface area (Å²) in [6.07, 6.45) is -15.5. The second kappa shape index (κ2) is 10.2. The zero-order chi connectivity index (χ0) is 29.9. The molecule has 13 heteroatoms. The van der Waals surface area contributed by atoms with E-state index in [0.717, 1.165) is 17.7 Å². The summed E-state index contributed by atoms with van der Waals surface area (Å²) in [6.45, 7) is 1.80. The maximum Gasteiger partial charge on any atom is 0.416 e. The van der Waals surface area contributed by atoms with Gasteiger partial charge in [-0.05, 0) is 95.5 Å². The minimum absolute atomic E-state index is 0.0172. The molecule has 1 aromatic heterocycles. The molecule has 3 atom stereocenters. The molecule has 220 valence electrons. The molecule has 0 N–H and O–H groups in total. The van der Waals surface area contributed by atoms with E-state index in [1.165, 1.54) is 22.3 Å². The van der Waals surface area contributed by atoms with Crippen LogP contribution < -0.4 is 0 Å². The summed E-state index contributed by atoms with van der Waals surface area (Å²) in [7, 11) is 0. The Hall–Kier alpha value is -3.22. The van der Waals surface area contributed by atoms with Crippen LogP contribution in [-0.4, -0.2) is 35.5 Å². The number of halogens is 9. The fraction of sp³-hybridized carbons (Fsp3) is 0.393. The molecule has 0 saturated carbocycles. The third-order valence-corrected chi connectivity index (χ3v) is 8.43. The van der Waals surface area contributed by atoms with Crippen molar-refractivity contribution >= 4 is 17.4 Å². The first kappa shape index (κ1) is 29.3. The van der Waals surface area contributed by atoms with Gasteiger partial charge >= 0.3 is 24.6 Å². The lowest BCUT2D eigenvalue weighted by molar-refractivity contribution is -0.137. The quantitative estimate of drug-likeness (QED) is 0.326. The largest absolute Gasteiger partial charge is 0.439 e. The van der Waals surface area contributed by atoms with E-state index in [4.69, 9.17) is 4.74 Å². The second-order valence-electron chi connectivity index (χ2n) is 10.2. The summed E-state index contributed by atoms with van der Waals surface area (Å²) >= 11 is 1.35. The fourth-order valence-corrected chi connectivity index (χ4v) is 6.52. The highest BCUT2D eigenvalue weighted by molar-refractivity contribution is 7.08. The number of piperidine rings is 1. The van der Waals surface area contributed by atoms with Crippen LogP contribution in [0.1, 0.15) is 48.4 Å². The van der Waals surface area contributed by atoms with Gasteiger partial charge in [-0.3, -0.25) is 4.90 Å². The van der Waals surface area contributed by atoms with Crippen molar-refractivity contribution in [2.75, 3.05) is 0 Å². The Kier molecular flexibility index (Phi) is 7.32. The number of hydrogen-bond acceptors (Lipinski definition) is 3. The van der Waals surface area contributed by atoms with Gasteiger partial charge in [0.15, 0.2) is 0 Å². The van der Waals surface area contributed by atoms with Crippen molar-refractivity contribution in [1.29, 1.82) is 0 Å². The number of nitrogens with zero attached hydrogens (tertiary/aromatic N) is 1. The van der Waals surface area contributed by atoms with E-state index in [0.29, 0.717) is 29.7 Å². The highest BCUT2D eigenvalue weighted by Gasteiger charge is 2.50. The van der Waals surface area contributed by atoms with Gasteiger partial charge in [-0.25, -0.2) is 4.79 Å². The lowest BCUT2D eigenvalue weighted by atomic mass is 9.83. The first-order valence-electron chi connectivity index (χ1n) is 12.6. The number of ether oxygens (including phenoxy) is 1. The van der Waals surface area contributed by atoms with E-state index in [2.05, 4.69) is 0 Å². The molecule has 5 rings (SSSR count). The van der Waals surface area contributed by atoms with Crippen LogP contribution in [0.3, 0.4) is 0 Å². The Bertz CT molecular complexity index is 1450. The zero-order valence-corrected chi connectivity index (χ0v) is 22.1. The predicted molar refractivity (Wildman–Crippen MR) is 133 cm³/mol. The van der Waals surface area contributed by atoms with Crippen molar-refractivity contribution in [2.45, 2.75) is 69.3 Å². The molecule has 2 saturated heterocycles. The molecule has 2 aromatic rings. The number of aryl methyl sites for hydroxylation is 1. The topological polar surface area (TPSA) is 29.5 Å². The number of amides is 1. The fourth-order valence-electron chi connectivity index (χ4n) is 5.68. The standard InChI is InChI=1S/C28H22F9NO2S/c1-14-12-41-13-21(14)19-8-7-17(27(32,33)34)11-20(19)22-3-2-4-23-24(40-25(39)38(22)23)15-5-6-16(26(29,30)31)10-18(9-15)28(35,36)37/h6-13,22-24H,2-5H2,1H3/t22-,23-,24+/m0/s1. The number of benzene rings is 1. The van der Waals surface area contributed by atoms with Crippen molar-refractivity contribution in [1.82, 2.24) is 4.90 Å². The molecule has 0 unspecified atom stereocenters. The smallest absolute Gasteiger partial charge is 0.416 e. The number of carbonyl (C=O) groups excluding carboxylic acids is 1. The average molecular weight is 608 g/mol. The normalized spacial score (nSPS) is 23.9. The van der Waals surface area contributed by atoms with Crippen LogP contribution in [0.25, 0.3) is 11.1 Å². The van der Waals surface area contributed by atoms with Gasteiger partial charge in [-0.2, -0.15) is 50.9 Å². The Labute approximate surface area is 232 Å². The lowest BCUT2D eigenvalue weighted by Crippen LogP contribution is -2.43. The monoisotopic (exact) mass is 607 g/mol. The van der Waals surface area contributed by atoms with Crippen molar-refractivity contribution < 1.29 is 49.0 Å². The molecule has 3 heterocycles. The SMILES string of the molecule is Cc1cscc1-c1ccc(C(F)(F)F)cc1[C@@H]1CCC[C@H]2[C@@H](C3=CC(C(F)(F)F)=CC(C(F)(F)F)=CC3)OC(=O)N12. The molecular formula is C28H22F9NO2S. The number of allylic oxidation sites excluding steroid dienone is 5. The maximum atomic E-state index is 13.7. The molecule has 1 aliphatic carbocycles. The molecule has 2 aliphatic heterocycles. The van der Waals surface area contributed by atoms with E-state index < -0.39 is 65.9 Å². The molecule has 2 fully saturated rings. The van der Waals surface area contributed by atoms with E-state index in [1.54, 1.807) is 12.3 Å². The van der Waals surface area contributed by atoms with E-state index in [9.17, 15) is 44.3 Å². The van der Waals surface area contributed by atoms with E-state index in [1.807, 2.05) is 5.38 Å². The summed E-state index contributed by atoms with van der Waals surface area (Å²) in [5.41, 5.74) is -1.92. The highest BCUT2D eigenvalue weighted by atomic mass is 32.1. The number of carbonyl (C=O) groups is 1. The molecule has 3 nitrogen and oxygen atoms in total. The number of hydrogen-bond donors (Lipinski definition) is 0. The maximum absolute atomic E-state index is 13.7. The Balaban J connectivity index is 1.56. The van der Waals surface area contributed by atoms with Crippen molar-refractivity contribution in [3.8, 4) is 11.1 Å². The van der Waals surface area contributed by atoms with Crippen LogP contribution in [0.4, 0.5) is 44.3 Å². The van der Waals surface area contributed by atoms with Crippen LogP contribution in [0.5, 0.6) is 0 Å². The van der Waals surface area contributed by atoms with Crippen LogP contribution in [-0.2, 0) is 10.9 Å². The van der Waals surface area contributed by atoms with Gasteiger partial charge in [0.2, 0.25) is 0 Å². The van der Waals surface area contributed by atoms with E-state index in [-0.39, 0.29) is 30.1 Å². The molecule has 41 heavy (non-hydrogen) atoms. The Morgan fingerprint density at radius 3 is 2.20 bits per heavy atom. The Morgan fingerprint density at radius 2 is 1.59 bits per heavy atom. The summed E-state index contributed by atoms with van der Waals surface area (Å²) in [5, 5.41) is 3.60. The molecular weight excluding hydrogens is 585 g/mol. The van der Waals surface area contributed by atoms with Crippen LogP contribution in [0.15, 0.2) is 63.9 Å². The Morgan fingerprint density at radius 1 is 0.878 bits per heavy atom. The van der Waals surface area contributed by atoms with Crippen molar-refractivity contribution in [3.05, 3.63) is 80.6 Å². The van der Waals surface area contributed by atoms with Crippen molar-refractivity contribution in [2.24, 2.45) is 0 Å². The zero-order valence-electron chi connectivity index (χ0n) is 21.3. The van der Waals surface area contributed by atoms with Crippen LogP contribution in [0.2, 0.25) is 0 Å². The molecule has 3 aliphatic rings. The third kappa shape index (κ3) is 5.64. The minimum atomic E-state index is -5.11. The van der Waals surface area contributed by atoms with Gasteiger partial charge in [0, 0.05) is 0 Å². The van der Waals surface area contributed by atoms with Gasteiger partial charge in [0.1, 0.15) is 6.10 Å². The number of thiophene rings is 1. The summed E-state index contributed by atoms with van der Waals surface area (Å²) < 4.78 is 128. The summed E-state index contributed by atoms with van der Waals surface area (Å²) in [5.74, 6) is 0. The lowest BCUT2D eigenvalue weighted by Gasteiger charge is -2.38. The van der Waals surface area contributed by atoms with Crippen LogP contribution >= 0.6 is 11.3 Å². The van der Waals surface area contributed by atoms with Gasteiger partial charge in [0.25, 0.3) is 0 Å². The predicted octanol–water partition coefficient (Wildman–Crippen LogP) is 9.46. The number of rotatable bonds is 3. The molecule has 0 bridgehead atoms. The molecule has 0 spiro atoms. The number of alkyl halides is 9. The number of cyclic esters (lactones) is 1. The average Bonchev–Trinajstić information content (AvgIpc) is 3.35. The van der Waals surface area contributed by atoms with Gasteiger partial charge in [0.05, 0.1) is 28.8 Å². The van der Waals surface area contributed by atoms with Gasteiger partial charge < -0.3 is 4.74 Å². The summed E-state index contributed by atoms with van der Waals surface area (Å²) in [6, 6.07) is 1.50. The van der Waals surface area contributed by atoms with Crippen molar-refractivity contribution in [3.63, 3.8) is 0 Å². The minimum Gasteiger partial charge on any atom is -0.439 e. The van der Waals surface area contributed by atoms with Crippen LogP contribution in [0, 0.1) is 6.92 Å². The molecule has 0 radical (unpaired) electrons. The molecule has 1 aromatic carbocycles. The van der Waals surface area contributed by atoms with E-state index >= 15 is 0 Å².